The molecule has 0 bridgehead atoms. The second-order valence-electron chi connectivity index (χ2n) is 10.6. The molecule has 0 spiro atoms. The van der Waals surface area contributed by atoms with Crippen LogP contribution in [-0.2, 0) is 16.1 Å². The van der Waals surface area contributed by atoms with Crippen LogP contribution in [0.25, 0.3) is 0 Å². The van der Waals surface area contributed by atoms with E-state index in [-0.39, 0.29) is 18.5 Å². The Morgan fingerprint density at radius 3 is 2.49 bits per heavy atom. The Balaban J connectivity index is 1.38. The number of benzene rings is 1. The average Bonchev–Trinajstić information content (AvgIpc) is 3.25. The summed E-state index contributed by atoms with van der Waals surface area (Å²) in [6.45, 7) is 7.16. The van der Waals surface area contributed by atoms with Crippen molar-refractivity contribution in [3.8, 4) is 5.75 Å². The third-order valence-corrected chi connectivity index (χ3v) is 6.91. The Hall–Kier alpha value is -3.30. The predicted molar refractivity (Wildman–Crippen MR) is 127 cm³/mol. The number of rotatable bonds is 6. The first-order chi connectivity index (χ1) is 16.5. The summed E-state index contributed by atoms with van der Waals surface area (Å²) in [6, 6.07) is 4.75. The Bertz CT molecular complexity index is 1030. The number of imide groups is 1. The third kappa shape index (κ3) is 5.36. The largest absolute Gasteiger partial charge is 0.497 e. The van der Waals surface area contributed by atoms with E-state index in [0.29, 0.717) is 49.7 Å². The van der Waals surface area contributed by atoms with Gasteiger partial charge in [0.2, 0.25) is 0 Å². The van der Waals surface area contributed by atoms with E-state index in [4.69, 9.17) is 9.47 Å². The summed E-state index contributed by atoms with van der Waals surface area (Å²) >= 11 is 0. The molecule has 190 valence electrons. The molecule has 1 unspecified atom stereocenters. The van der Waals surface area contributed by atoms with Crippen LogP contribution in [0.3, 0.4) is 0 Å². The molecule has 10 heteroatoms. The predicted octanol–water partition coefficient (Wildman–Crippen LogP) is 2.66. The van der Waals surface area contributed by atoms with Gasteiger partial charge in [0.15, 0.2) is 0 Å². The summed E-state index contributed by atoms with van der Waals surface area (Å²) in [6.07, 6.45) is 2.38. The molecule has 35 heavy (non-hydrogen) atoms. The van der Waals surface area contributed by atoms with Crippen molar-refractivity contribution in [1.29, 1.82) is 0 Å². The molecule has 0 radical (unpaired) electrons. The van der Waals surface area contributed by atoms with E-state index in [0.717, 1.165) is 18.4 Å². The van der Waals surface area contributed by atoms with Crippen LogP contribution < -0.4 is 15.4 Å². The second kappa shape index (κ2) is 9.39. The van der Waals surface area contributed by atoms with Gasteiger partial charge in [-0.3, -0.25) is 14.9 Å². The van der Waals surface area contributed by atoms with Gasteiger partial charge in [-0.15, -0.1) is 0 Å². The van der Waals surface area contributed by atoms with Crippen LogP contribution in [0.2, 0.25) is 0 Å². The molecule has 5 amide bonds. The number of fused-ring (bicyclic) bond motifs is 1. The molecular formula is C25H34N4O6. The molecule has 0 saturated carbocycles. The number of likely N-dealkylation sites (tertiary alicyclic amines) is 1. The SMILES string of the molecule is COc1ccc2c(c1)CN(CC1(CCC3CCN(C(=O)OC(C)(C)C)CC3)NC(=O)NC1=O)C2=O. The van der Waals surface area contributed by atoms with Crippen LogP contribution >= 0.6 is 0 Å². The lowest BCUT2D eigenvalue weighted by Crippen LogP contribution is -2.55. The van der Waals surface area contributed by atoms with Crippen molar-refractivity contribution in [3.63, 3.8) is 0 Å². The highest BCUT2D eigenvalue weighted by atomic mass is 16.6. The Morgan fingerprint density at radius 2 is 1.89 bits per heavy atom. The van der Waals surface area contributed by atoms with E-state index in [1.807, 2.05) is 26.8 Å². The number of carbonyl (C=O) groups excluding carboxylic acids is 4. The van der Waals surface area contributed by atoms with Gasteiger partial charge >= 0.3 is 12.1 Å². The van der Waals surface area contributed by atoms with E-state index < -0.39 is 23.1 Å². The zero-order chi connectivity index (χ0) is 25.4. The lowest BCUT2D eigenvalue weighted by Gasteiger charge is -2.35. The van der Waals surface area contributed by atoms with Gasteiger partial charge < -0.3 is 24.6 Å². The zero-order valence-corrected chi connectivity index (χ0v) is 20.8. The molecule has 2 saturated heterocycles. The van der Waals surface area contributed by atoms with Crippen molar-refractivity contribution in [2.24, 2.45) is 5.92 Å². The van der Waals surface area contributed by atoms with Gasteiger partial charge in [0.25, 0.3) is 11.8 Å². The fourth-order valence-electron chi connectivity index (χ4n) is 5.01. The van der Waals surface area contributed by atoms with Gasteiger partial charge in [-0.2, -0.15) is 0 Å². The molecule has 0 aliphatic carbocycles. The number of nitrogens with one attached hydrogen (secondary N) is 2. The van der Waals surface area contributed by atoms with Crippen LogP contribution in [-0.4, -0.2) is 71.6 Å². The van der Waals surface area contributed by atoms with Crippen LogP contribution in [0, 0.1) is 5.92 Å². The van der Waals surface area contributed by atoms with Crippen LogP contribution in [0.15, 0.2) is 18.2 Å². The van der Waals surface area contributed by atoms with E-state index in [9.17, 15) is 19.2 Å². The lowest BCUT2D eigenvalue weighted by atomic mass is 9.84. The fraction of sp³-hybridized carbons (Fsp3) is 0.600. The summed E-state index contributed by atoms with van der Waals surface area (Å²) in [5.41, 5.74) is -0.295. The highest BCUT2D eigenvalue weighted by Gasteiger charge is 2.49. The Kier molecular flexibility index (Phi) is 6.66. The van der Waals surface area contributed by atoms with Crippen molar-refractivity contribution in [2.45, 2.75) is 64.1 Å². The molecule has 1 atom stereocenters. The number of ether oxygens (including phenoxy) is 2. The zero-order valence-electron chi connectivity index (χ0n) is 20.8. The molecule has 4 rings (SSSR count). The first-order valence-corrected chi connectivity index (χ1v) is 12.1. The molecule has 10 nitrogen and oxygen atoms in total. The summed E-state index contributed by atoms with van der Waals surface area (Å²) in [4.78, 5) is 53.7. The molecule has 1 aromatic carbocycles. The van der Waals surface area contributed by atoms with E-state index in [2.05, 4.69) is 10.6 Å². The molecule has 3 aliphatic rings. The number of methoxy groups -OCH3 is 1. The molecule has 2 fully saturated rings. The van der Waals surface area contributed by atoms with Crippen molar-refractivity contribution in [2.75, 3.05) is 26.7 Å². The van der Waals surface area contributed by atoms with E-state index in [1.165, 1.54) is 0 Å². The number of amides is 5. The minimum absolute atomic E-state index is 0.0944. The van der Waals surface area contributed by atoms with Crippen molar-refractivity contribution in [1.82, 2.24) is 20.4 Å². The second-order valence-corrected chi connectivity index (χ2v) is 10.6. The maximum Gasteiger partial charge on any atom is 0.410 e. The highest BCUT2D eigenvalue weighted by molar-refractivity contribution is 6.08. The van der Waals surface area contributed by atoms with Gasteiger partial charge in [0, 0.05) is 25.2 Å². The fourth-order valence-corrected chi connectivity index (χ4v) is 5.01. The summed E-state index contributed by atoms with van der Waals surface area (Å²) in [7, 11) is 1.57. The minimum atomic E-state index is -1.18. The first kappa shape index (κ1) is 24.8. The van der Waals surface area contributed by atoms with Gasteiger partial charge in [0.05, 0.1) is 13.7 Å². The Morgan fingerprint density at radius 1 is 1.17 bits per heavy atom. The van der Waals surface area contributed by atoms with Gasteiger partial charge in [-0.05, 0) is 76.1 Å². The number of hydrogen-bond donors (Lipinski definition) is 2. The number of nitrogens with zero attached hydrogens (tertiary/aromatic N) is 2. The van der Waals surface area contributed by atoms with E-state index in [1.54, 1.807) is 29.0 Å². The minimum Gasteiger partial charge on any atom is -0.497 e. The molecule has 0 aromatic heterocycles. The summed E-state index contributed by atoms with van der Waals surface area (Å²) in [5.74, 6) is 0.390. The Labute approximate surface area is 205 Å². The quantitative estimate of drug-likeness (QED) is 0.597. The standard InChI is InChI=1S/C25H34N4O6/c1-24(2,3)35-23(33)28-11-8-16(9-12-28)7-10-25(21(31)26-22(32)27-25)15-29-14-17-13-18(34-4)5-6-19(17)20(29)30/h5-6,13,16H,7-12,14-15H2,1-4H3,(H2,26,27,31,32). The highest BCUT2D eigenvalue weighted by Crippen LogP contribution is 2.32. The van der Waals surface area contributed by atoms with Crippen molar-refractivity contribution in [3.05, 3.63) is 29.3 Å². The number of urea groups is 1. The number of carbonyl (C=O) groups is 4. The molecule has 3 heterocycles. The van der Waals surface area contributed by atoms with Crippen molar-refractivity contribution < 1.29 is 28.7 Å². The number of hydrogen-bond acceptors (Lipinski definition) is 6. The van der Waals surface area contributed by atoms with Gasteiger partial charge in [-0.1, -0.05) is 0 Å². The summed E-state index contributed by atoms with van der Waals surface area (Å²) < 4.78 is 10.7. The number of piperidine rings is 1. The maximum atomic E-state index is 13.0. The molecular weight excluding hydrogens is 452 g/mol. The van der Waals surface area contributed by atoms with Crippen LogP contribution in [0.5, 0.6) is 5.75 Å². The van der Waals surface area contributed by atoms with Gasteiger partial charge in [-0.25, -0.2) is 9.59 Å². The maximum absolute atomic E-state index is 13.0. The lowest BCUT2D eigenvalue weighted by molar-refractivity contribution is -0.124. The normalized spacial score (nSPS) is 22.7. The van der Waals surface area contributed by atoms with Gasteiger partial charge in [0.1, 0.15) is 16.9 Å². The average molecular weight is 487 g/mol. The molecule has 2 N–H and O–H groups in total. The third-order valence-electron chi connectivity index (χ3n) is 6.91. The smallest absolute Gasteiger partial charge is 0.410 e. The monoisotopic (exact) mass is 486 g/mol. The summed E-state index contributed by atoms with van der Waals surface area (Å²) in [5, 5.41) is 5.15. The van der Waals surface area contributed by atoms with E-state index >= 15 is 0 Å². The van der Waals surface area contributed by atoms with Crippen LogP contribution in [0.4, 0.5) is 9.59 Å². The molecule has 1 aromatic rings. The van der Waals surface area contributed by atoms with Crippen LogP contribution in [0.1, 0.15) is 62.4 Å². The molecule has 3 aliphatic heterocycles. The first-order valence-electron chi connectivity index (χ1n) is 12.1. The van der Waals surface area contributed by atoms with Crippen molar-refractivity contribution >= 4 is 23.9 Å². The topological polar surface area (TPSA) is 117 Å².